The second-order valence-electron chi connectivity index (χ2n) is 8.60. The fourth-order valence-electron chi connectivity index (χ4n) is 3.55. The van der Waals surface area contributed by atoms with Gasteiger partial charge in [0.1, 0.15) is 5.78 Å². The highest BCUT2D eigenvalue weighted by Gasteiger charge is 2.13. The normalized spacial score (nSPS) is 12.1. The van der Waals surface area contributed by atoms with Gasteiger partial charge in [0.15, 0.2) is 0 Å². The molecule has 180 valence electrons. The standard InChI is InChI=1S/C17H19NO.C13H19NO/c1-14(12-15-8-4-2-5-9-15)17(19)18-13-16-10-6-3-7-11-16;1-3-9-14-13(11(2)15)10-12-7-5-4-6-8-12/h2-11,14H,12-13H2,1H3,(H,18,19);4-8,13-14H,3,9-10H2,1-2H3. The van der Waals surface area contributed by atoms with Crippen LogP contribution in [-0.4, -0.2) is 24.3 Å². The lowest BCUT2D eigenvalue weighted by atomic mass is 10.0. The number of ketones is 1. The van der Waals surface area contributed by atoms with Gasteiger partial charge in [0, 0.05) is 12.5 Å². The minimum atomic E-state index is -0.0349. The molecule has 2 atom stereocenters. The molecule has 34 heavy (non-hydrogen) atoms. The lowest BCUT2D eigenvalue weighted by Crippen LogP contribution is -2.37. The predicted octanol–water partition coefficient (Wildman–Crippen LogP) is 5.37. The van der Waals surface area contributed by atoms with Crippen LogP contribution in [-0.2, 0) is 29.0 Å². The Labute approximate surface area is 204 Å². The minimum absolute atomic E-state index is 0.00823. The molecule has 0 aliphatic rings. The van der Waals surface area contributed by atoms with Gasteiger partial charge in [0.2, 0.25) is 5.91 Å². The molecule has 0 saturated carbocycles. The molecule has 0 bridgehead atoms. The molecule has 0 fully saturated rings. The Balaban J connectivity index is 0.000000248. The summed E-state index contributed by atoms with van der Waals surface area (Å²) in [6, 6.07) is 30.2. The zero-order chi connectivity index (χ0) is 24.6. The van der Waals surface area contributed by atoms with E-state index in [0.717, 1.165) is 31.4 Å². The quantitative estimate of drug-likeness (QED) is 0.406. The molecule has 0 spiro atoms. The molecule has 4 heteroatoms. The molecule has 3 rings (SSSR count). The molecule has 4 nitrogen and oxygen atoms in total. The number of carbonyl (C=O) groups excluding carboxylic acids is 2. The van der Waals surface area contributed by atoms with Gasteiger partial charge in [0.05, 0.1) is 6.04 Å². The van der Waals surface area contributed by atoms with Gasteiger partial charge in [-0.2, -0.15) is 0 Å². The number of amides is 1. The zero-order valence-electron chi connectivity index (χ0n) is 20.7. The van der Waals surface area contributed by atoms with Crippen LogP contribution in [0.5, 0.6) is 0 Å². The number of nitrogens with one attached hydrogen (secondary N) is 2. The second-order valence-corrected chi connectivity index (χ2v) is 8.60. The summed E-state index contributed by atoms with van der Waals surface area (Å²) in [4.78, 5) is 23.4. The van der Waals surface area contributed by atoms with E-state index in [-0.39, 0.29) is 23.7 Å². The highest BCUT2D eigenvalue weighted by Crippen LogP contribution is 2.09. The van der Waals surface area contributed by atoms with E-state index in [0.29, 0.717) is 6.54 Å². The molecule has 0 heterocycles. The summed E-state index contributed by atoms with van der Waals surface area (Å²) in [6.45, 7) is 7.21. The molecule has 2 N–H and O–H groups in total. The first kappa shape index (κ1) is 27.0. The third kappa shape index (κ3) is 10.6. The third-order valence-corrected chi connectivity index (χ3v) is 5.56. The Morgan fingerprint density at radius 3 is 1.68 bits per heavy atom. The van der Waals surface area contributed by atoms with Gasteiger partial charge in [-0.15, -0.1) is 0 Å². The van der Waals surface area contributed by atoms with Crippen molar-refractivity contribution in [1.82, 2.24) is 10.6 Å². The van der Waals surface area contributed by atoms with Gasteiger partial charge in [-0.1, -0.05) is 105 Å². The highest BCUT2D eigenvalue weighted by atomic mass is 16.1. The average molecular weight is 459 g/mol. The topological polar surface area (TPSA) is 58.2 Å². The van der Waals surface area contributed by atoms with Crippen LogP contribution in [0.25, 0.3) is 0 Å². The van der Waals surface area contributed by atoms with Crippen molar-refractivity contribution in [2.75, 3.05) is 6.54 Å². The Morgan fingerprint density at radius 1 is 0.735 bits per heavy atom. The number of benzene rings is 3. The largest absolute Gasteiger partial charge is 0.352 e. The van der Waals surface area contributed by atoms with E-state index in [4.69, 9.17) is 0 Å². The average Bonchev–Trinajstić information content (AvgIpc) is 2.87. The van der Waals surface area contributed by atoms with Crippen molar-refractivity contribution in [3.05, 3.63) is 108 Å². The third-order valence-electron chi connectivity index (χ3n) is 5.56. The molecule has 0 aliphatic heterocycles. The van der Waals surface area contributed by atoms with E-state index in [2.05, 4.69) is 41.8 Å². The van der Waals surface area contributed by atoms with Crippen molar-refractivity contribution in [3.63, 3.8) is 0 Å². The lowest BCUT2D eigenvalue weighted by molar-refractivity contribution is -0.124. The number of rotatable bonds is 11. The molecular formula is C30H38N2O2. The monoisotopic (exact) mass is 458 g/mol. The first-order valence-corrected chi connectivity index (χ1v) is 12.1. The zero-order valence-corrected chi connectivity index (χ0v) is 20.7. The summed E-state index contributed by atoms with van der Waals surface area (Å²) in [6.07, 6.45) is 2.62. The van der Waals surface area contributed by atoms with Gasteiger partial charge >= 0.3 is 0 Å². The molecule has 0 aliphatic carbocycles. The number of hydrogen-bond acceptors (Lipinski definition) is 3. The van der Waals surface area contributed by atoms with Crippen LogP contribution < -0.4 is 10.6 Å². The molecule has 3 aromatic rings. The Hall–Kier alpha value is -3.24. The predicted molar refractivity (Wildman–Crippen MR) is 141 cm³/mol. The van der Waals surface area contributed by atoms with E-state index in [9.17, 15) is 9.59 Å². The van der Waals surface area contributed by atoms with E-state index < -0.39 is 0 Å². The van der Waals surface area contributed by atoms with E-state index >= 15 is 0 Å². The molecule has 3 aromatic carbocycles. The van der Waals surface area contributed by atoms with Crippen LogP contribution in [0.4, 0.5) is 0 Å². The molecule has 0 aromatic heterocycles. The van der Waals surface area contributed by atoms with Crippen molar-refractivity contribution >= 4 is 11.7 Å². The van der Waals surface area contributed by atoms with E-state index in [1.807, 2.05) is 73.7 Å². The number of carbonyl (C=O) groups is 2. The van der Waals surface area contributed by atoms with Gasteiger partial charge in [0.25, 0.3) is 0 Å². The first-order valence-electron chi connectivity index (χ1n) is 12.1. The Kier molecular flexibility index (Phi) is 12.4. The van der Waals surface area contributed by atoms with Gasteiger partial charge in [-0.25, -0.2) is 0 Å². The van der Waals surface area contributed by atoms with Gasteiger partial charge in [-0.05, 0) is 49.4 Å². The van der Waals surface area contributed by atoms with E-state index in [1.54, 1.807) is 6.92 Å². The van der Waals surface area contributed by atoms with Crippen molar-refractivity contribution < 1.29 is 9.59 Å². The fraction of sp³-hybridized carbons (Fsp3) is 0.333. The number of Topliss-reactive ketones (excluding diaryl/α,β-unsaturated/α-hetero) is 1. The second kappa shape index (κ2) is 15.6. The van der Waals surface area contributed by atoms with Crippen LogP contribution in [0.3, 0.4) is 0 Å². The van der Waals surface area contributed by atoms with Crippen molar-refractivity contribution in [2.24, 2.45) is 5.92 Å². The maximum atomic E-state index is 12.0. The van der Waals surface area contributed by atoms with Crippen LogP contribution in [0, 0.1) is 5.92 Å². The first-order chi connectivity index (χ1) is 16.5. The van der Waals surface area contributed by atoms with Gasteiger partial charge < -0.3 is 10.6 Å². The van der Waals surface area contributed by atoms with Crippen molar-refractivity contribution in [2.45, 2.75) is 52.6 Å². The molecule has 2 unspecified atom stereocenters. The minimum Gasteiger partial charge on any atom is -0.352 e. The highest BCUT2D eigenvalue weighted by molar-refractivity contribution is 5.81. The van der Waals surface area contributed by atoms with Crippen LogP contribution in [0.2, 0.25) is 0 Å². The maximum absolute atomic E-state index is 12.0. The van der Waals surface area contributed by atoms with Crippen molar-refractivity contribution in [1.29, 1.82) is 0 Å². The number of hydrogen-bond donors (Lipinski definition) is 2. The van der Waals surface area contributed by atoms with Crippen LogP contribution in [0.1, 0.15) is 43.9 Å². The summed E-state index contributed by atoms with van der Waals surface area (Å²) in [7, 11) is 0. The SMILES string of the molecule is CC(Cc1ccccc1)C(=O)NCc1ccccc1.CCCNC(Cc1ccccc1)C(C)=O. The molecule has 0 saturated heterocycles. The summed E-state index contributed by atoms with van der Waals surface area (Å²) in [5.41, 5.74) is 3.54. The summed E-state index contributed by atoms with van der Waals surface area (Å²) in [5.74, 6) is 0.311. The summed E-state index contributed by atoms with van der Waals surface area (Å²) >= 11 is 0. The summed E-state index contributed by atoms with van der Waals surface area (Å²) < 4.78 is 0. The Bertz CT molecular complexity index is 959. The van der Waals surface area contributed by atoms with Gasteiger partial charge in [-0.3, -0.25) is 9.59 Å². The van der Waals surface area contributed by atoms with E-state index in [1.165, 1.54) is 11.1 Å². The molecule has 0 radical (unpaired) electrons. The van der Waals surface area contributed by atoms with Crippen molar-refractivity contribution in [3.8, 4) is 0 Å². The summed E-state index contributed by atoms with van der Waals surface area (Å²) in [5, 5.41) is 6.25. The smallest absolute Gasteiger partial charge is 0.223 e. The lowest BCUT2D eigenvalue weighted by Gasteiger charge is -2.15. The molecular weight excluding hydrogens is 420 g/mol. The molecule has 1 amide bonds. The maximum Gasteiger partial charge on any atom is 0.223 e. The van der Waals surface area contributed by atoms with Crippen LogP contribution >= 0.6 is 0 Å². The van der Waals surface area contributed by atoms with Crippen LogP contribution in [0.15, 0.2) is 91.0 Å². The Morgan fingerprint density at radius 2 is 1.21 bits per heavy atom. The fourth-order valence-corrected chi connectivity index (χ4v) is 3.55.